The van der Waals surface area contributed by atoms with Gasteiger partial charge in [-0.3, -0.25) is 9.59 Å². The molecule has 2 N–H and O–H groups in total. The summed E-state index contributed by atoms with van der Waals surface area (Å²) < 4.78 is 15.3. The number of ether oxygens (including phenoxy) is 3. The van der Waals surface area contributed by atoms with Crippen molar-refractivity contribution in [1.29, 1.82) is 0 Å². The first-order valence-electron chi connectivity index (χ1n) is 8.38. The number of carbonyl (C=O) groups excluding carboxylic acids is 2. The fourth-order valence-electron chi connectivity index (χ4n) is 2.95. The van der Waals surface area contributed by atoms with Crippen molar-refractivity contribution in [2.24, 2.45) is 5.92 Å². The van der Waals surface area contributed by atoms with E-state index in [0.717, 1.165) is 31.5 Å². The normalized spacial score (nSPS) is 15.3. The van der Waals surface area contributed by atoms with Crippen LogP contribution < -0.4 is 20.1 Å². The van der Waals surface area contributed by atoms with Gasteiger partial charge in [-0.05, 0) is 43.6 Å². The van der Waals surface area contributed by atoms with E-state index in [4.69, 9.17) is 14.2 Å². The second-order valence-corrected chi connectivity index (χ2v) is 5.98. The minimum Gasteiger partial charge on any atom is -0.493 e. The van der Waals surface area contributed by atoms with Gasteiger partial charge in [-0.15, -0.1) is 12.4 Å². The molecule has 1 heterocycles. The molecule has 1 unspecified atom stereocenters. The molecule has 1 aliphatic rings. The van der Waals surface area contributed by atoms with Crippen LogP contribution in [0.15, 0.2) is 18.2 Å². The van der Waals surface area contributed by atoms with Crippen molar-refractivity contribution in [2.75, 3.05) is 34.4 Å². The van der Waals surface area contributed by atoms with Crippen molar-refractivity contribution in [3.8, 4) is 11.5 Å². The Labute approximate surface area is 160 Å². The number of amides is 1. The van der Waals surface area contributed by atoms with E-state index < -0.39 is 6.04 Å². The Balaban J connectivity index is 0.00000338. The average molecular weight is 387 g/mol. The summed E-state index contributed by atoms with van der Waals surface area (Å²) in [6.45, 7) is 1.66. The Morgan fingerprint density at radius 1 is 1.15 bits per heavy atom. The van der Waals surface area contributed by atoms with Crippen LogP contribution in [0.25, 0.3) is 0 Å². The number of rotatable bonds is 7. The van der Waals surface area contributed by atoms with Crippen molar-refractivity contribution in [3.63, 3.8) is 0 Å². The number of methoxy groups -OCH3 is 3. The van der Waals surface area contributed by atoms with Crippen LogP contribution in [0.5, 0.6) is 11.5 Å². The highest BCUT2D eigenvalue weighted by Crippen LogP contribution is 2.31. The molecule has 1 fully saturated rings. The van der Waals surface area contributed by atoms with Crippen LogP contribution in [0.3, 0.4) is 0 Å². The van der Waals surface area contributed by atoms with Gasteiger partial charge in [0.2, 0.25) is 5.91 Å². The summed E-state index contributed by atoms with van der Waals surface area (Å²) in [5.41, 5.74) is 0.769. The Morgan fingerprint density at radius 2 is 1.81 bits per heavy atom. The van der Waals surface area contributed by atoms with Gasteiger partial charge in [0.15, 0.2) is 11.5 Å². The number of benzene rings is 1. The molecule has 1 atom stereocenters. The molecule has 146 valence electrons. The smallest absolute Gasteiger partial charge is 0.307 e. The van der Waals surface area contributed by atoms with Gasteiger partial charge >= 0.3 is 5.97 Å². The van der Waals surface area contributed by atoms with Crippen LogP contribution in [0, 0.1) is 5.92 Å². The number of hydrogen-bond donors (Lipinski definition) is 2. The molecule has 0 saturated carbocycles. The van der Waals surface area contributed by atoms with Gasteiger partial charge in [0.1, 0.15) is 0 Å². The van der Waals surface area contributed by atoms with Crippen LogP contribution in [0.4, 0.5) is 0 Å². The lowest BCUT2D eigenvalue weighted by Crippen LogP contribution is -2.40. The lowest BCUT2D eigenvalue weighted by Gasteiger charge is -2.25. The predicted octanol–water partition coefficient (Wildman–Crippen LogP) is 1.85. The van der Waals surface area contributed by atoms with Crippen LogP contribution in [0.2, 0.25) is 0 Å². The maximum Gasteiger partial charge on any atom is 0.307 e. The SMILES string of the molecule is COC(=O)CC(NC(=O)C1CCNCC1)c1ccc(OC)c(OC)c1.Cl. The second kappa shape index (κ2) is 10.9. The van der Waals surface area contributed by atoms with Gasteiger partial charge < -0.3 is 24.8 Å². The van der Waals surface area contributed by atoms with E-state index in [1.54, 1.807) is 26.4 Å². The summed E-state index contributed by atoms with van der Waals surface area (Å²) in [6.07, 6.45) is 1.65. The molecule has 2 rings (SSSR count). The standard InChI is InChI=1S/C18H26N2O5.ClH/c1-23-15-5-4-13(10-16(15)24-2)14(11-17(21)25-3)20-18(22)12-6-8-19-9-7-12;/h4-5,10,12,14,19H,6-9,11H2,1-3H3,(H,20,22);1H. The predicted molar refractivity (Wildman–Crippen MR) is 99.9 cm³/mol. The molecular formula is C18H27ClN2O5. The third-order valence-electron chi connectivity index (χ3n) is 4.43. The maximum atomic E-state index is 12.6. The van der Waals surface area contributed by atoms with E-state index >= 15 is 0 Å². The number of carbonyl (C=O) groups is 2. The van der Waals surface area contributed by atoms with E-state index in [1.165, 1.54) is 7.11 Å². The van der Waals surface area contributed by atoms with E-state index in [-0.39, 0.29) is 36.6 Å². The Hall–Kier alpha value is -1.99. The number of hydrogen-bond acceptors (Lipinski definition) is 6. The molecular weight excluding hydrogens is 360 g/mol. The highest BCUT2D eigenvalue weighted by atomic mass is 35.5. The highest BCUT2D eigenvalue weighted by Gasteiger charge is 2.26. The molecule has 0 bridgehead atoms. The van der Waals surface area contributed by atoms with Gasteiger partial charge in [-0.25, -0.2) is 0 Å². The maximum absolute atomic E-state index is 12.6. The van der Waals surface area contributed by atoms with Crippen LogP contribution in [0.1, 0.15) is 30.9 Å². The van der Waals surface area contributed by atoms with Gasteiger partial charge in [-0.2, -0.15) is 0 Å². The summed E-state index contributed by atoms with van der Waals surface area (Å²) in [5.74, 6) is 0.677. The fraction of sp³-hybridized carbons (Fsp3) is 0.556. The third-order valence-corrected chi connectivity index (χ3v) is 4.43. The topological polar surface area (TPSA) is 85.9 Å². The Bertz CT molecular complexity index is 605. The number of nitrogens with one attached hydrogen (secondary N) is 2. The van der Waals surface area contributed by atoms with Gasteiger partial charge in [-0.1, -0.05) is 6.07 Å². The van der Waals surface area contributed by atoms with E-state index in [1.807, 2.05) is 6.07 Å². The first-order chi connectivity index (χ1) is 12.1. The fourth-order valence-corrected chi connectivity index (χ4v) is 2.95. The van der Waals surface area contributed by atoms with Crippen molar-refractivity contribution in [2.45, 2.75) is 25.3 Å². The summed E-state index contributed by atoms with van der Waals surface area (Å²) >= 11 is 0. The summed E-state index contributed by atoms with van der Waals surface area (Å²) in [7, 11) is 4.44. The van der Waals surface area contributed by atoms with Crippen LogP contribution in [-0.4, -0.2) is 46.3 Å². The zero-order valence-corrected chi connectivity index (χ0v) is 16.2. The molecule has 1 saturated heterocycles. The van der Waals surface area contributed by atoms with Crippen molar-refractivity contribution in [1.82, 2.24) is 10.6 Å². The van der Waals surface area contributed by atoms with Gasteiger partial charge in [0.25, 0.3) is 0 Å². The highest BCUT2D eigenvalue weighted by molar-refractivity contribution is 5.85. The summed E-state index contributed by atoms with van der Waals surface area (Å²) in [5, 5.41) is 6.23. The van der Waals surface area contributed by atoms with Crippen molar-refractivity contribution < 1.29 is 23.8 Å². The van der Waals surface area contributed by atoms with Gasteiger partial charge in [0.05, 0.1) is 33.8 Å². The molecule has 0 aliphatic carbocycles. The zero-order valence-electron chi connectivity index (χ0n) is 15.4. The minimum absolute atomic E-state index is 0. The third kappa shape index (κ3) is 5.78. The largest absolute Gasteiger partial charge is 0.493 e. The molecule has 8 heteroatoms. The summed E-state index contributed by atoms with van der Waals surface area (Å²) in [6, 6.07) is 4.87. The molecule has 26 heavy (non-hydrogen) atoms. The minimum atomic E-state index is -0.477. The zero-order chi connectivity index (χ0) is 18.2. The van der Waals surface area contributed by atoms with Crippen molar-refractivity contribution >= 4 is 24.3 Å². The number of halogens is 1. The Kier molecular flexibility index (Phi) is 9.23. The lowest BCUT2D eigenvalue weighted by atomic mass is 9.95. The molecule has 1 aliphatic heterocycles. The van der Waals surface area contributed by atoms with E-state index in [9.17, 15) is 9.59 Å². The average Bonchev–Trinajstić information content (AvgIpc) is 2.67. The van der Waals surface area contributed by atoms with Crippen LogP contribution in [-0.2, 0) is 14.3 Å². The first-order valence-corrected chi connectivity index (χ1v) is 8.38. The number of esters is 1. The summed E-state index contributed by atoms with van der Waals surface area (Å²) in [4.78, 5) is 24.4. The molecule has 1 amide bonds. The molecule has 1 aromatic rings. The molecule has 0 spiro atoms. The van der Waals surface area contributed by atoms with E-state index in [2.05, 4.69) is 10.6 Å². The Morgan fingerprint density at radius 3 is 2.38 bits per heavy atom. The molecule has 1 aromatic carbocycles. The van der Waals surface area contributed by atoms with Gasteiger partial charge in [0, 0.05) is 5.92 Å². The van der Waals surface area contributed by atoms with Crippen molar-refractivity contribution in [3.05, 3.63) is 23.8 Å². The van der Waals surface area contributed by atoms with E-state index in [0.29, 0.717) is 11.5 Å². The first kappa shape index (κ1) is 22.1. The van der Waals surface area contributed by atoms with Crippen LogP contribution >= 0.6 is 12.4 Å². The molecule has 0 aromatic heterocycles. The number of piperidine rings is 1. The quantitative estimate of drug-likeness (QED) is 0.695. The molecule has 7 nitrogen and oxygen atoms in total. The lowest BCUT2D eigenvalue weighted by molar-refractivity contribution is -0.141. The molecule has 0 radical (unpaired) electrons. The second-order valence-electron chi connectivity index (χ2n) is 5.98. The monoisotopic (exact) mass is 386 g/mol.